The first-order chi connectivity index (χ1) is 10.8. The number of halogens is 1. The number of likely N-dealkylation sites (tertiary alicyclic amines) is 1. The molecule has 8 heteroatoms. The molecular weight excluding hydrogens is 350 g/mol. The fraction of sp³-hybridized carbons (Fsp3) is 0.938. The molecule has 2 fully saturated rings. The van der Waals surface area contributed by atoms with Gasteiger partial charge >= 0.3 is 0 Å². The summed E-state index contributed by atoms with van der Waals surface area (Å²) in [4.78, 5) is 16.8. The van der Waals surface area contributed by atoms with Crippen molar-refractivity contribution in [2.75, 3.05) is 44.7 Å². The van der Waals surface area contributed by atoms with Crippen LogP contribution in [-0.4, -0.2) is 80.9 Å². The van der Waals surface area contributed by atoms with Crippen molar-refractivity contribution in [1.29, 1.82) is 0 Å². The maximum Gasteiger partial charge on any atom is 0.237 e. The zero-order valence-electron chi connectivity index (χ0n) is 15.0. The number of hydrogen-bond acceptors (Lipinski definition) is 5. The van der Waals surface area contributed by atoms with E-state index >= 15 is 0 Å². The minimum Gasteiger partial charge on any atom is -0.337 e. The molecule has 0 radical (unpaired) electrons. The van der Waals surface area contributed by atoms with Crippen molar-refractivity contribution in [3.05, 3.63) is 0 Å². The van der Waals surface area contributed by atoms with Crippen LogP contribution in [-0.2, 0) is 14.6 Å². The Labute approximate surface area is 152 Å². The standard InChI is InChI=1S/C16H31N3O3S.ClH/c1-13(2)9-19(15-6-8-23(21,22)12-15)16(20)11-18-7-4-5-14(10-18)17-3;/h13-15,17H,4-12H2,1-3H3;1H. The molecule has 0 aliphatic carbocycles. The maximum absolute atomic E-state index is 12.8. The van der Waals surface area contributed by atoms with E-state index in [-0.39, 0.29) is 35.9 Å². The Kier molecular flexibility index (Phi) is 8.45. The van der Waals surface area contributed by atoms with Gasteiger partial charge in [0.2, 0.25) is 5.91 Å². The third-order valence-electron chi connectivity index (χ3n) is 4.80. The van der Waals surface area contributed by atoms with Gasteiger partial charge in [0.1, 0.15) is 0 Å². The van der Waals surface area contributed by atoms with Crippen LogP contribution in [0.15, 0.2) is 0 Å². The minimum absolute atomic E-state index is 0. The number of sulfone groups is 1. The number of piperidine rings is 1. The van der Waals surface area contributed by atoms with Crippen LogP contribution in [0, 0.1) is 5.92 Å². The van der Waals surface area contributed by atoms with Gasteiger partial charge in [-0.25, -0.2) is 8.42 Å². The number of nitrogens with zero attached hydrogens (tertiary/aromatic N) is 2. The molecule has 2 saturated heterocycles. The number of amides is 1. The van der Waals surface area contributed by atoms with Crippen molar-refractivity contribution in [3.63, 3.8) is 0 Å². The number of nitrogens with one attached hydrogen (secondary N) is 1. The van der Waals surface area contributed by atoms with Gasteiger partial charge in [0.15, 0.2) is 9.84 Å². The fourth-order valence-electron chi connectivity index (χ4n) is 3.59. The topological polar surface area (TPSA) is 69.7 Å². The Morgan fingerprint density at radius 1 is 1.33 bits per heavy atom. The molecule has 6 nitrogen and oxygen atoms in total. The smallest absolute Gasteiger partial charge is 0.237 e. The van der Waals surface area contributed by atoms with Gasteiger partial charge in [-0.2, -0.15) is 0 Å². The van der Waals surface area contributed by atoms with Gasteiger partial charge in [-0.05, 0) is 38.8 Å². The molecule has 0 aromatic rings. The lowest BCUT2D eigenvalue weighted by atomic mass is 10.1. The molecule has 0 aromatic carbocycles. The lowest BCUT2D eigenvalue weighted by molar-refractivity contribution is -0.135. The Bertz CT molecular complexity index is 513. The second-order valence-corrected chi connectivity index (χ2v) is 9.59. The van der Waals surface area contributed by atoms with E-state index in [9.17, 15) is 13.2 Å². The van der Waals surface area contributed by atoms with Crippen molar-refractivity contribution in [1.82, 2.24) is 15.1 Å². The normalized spacial score (nSPS) is 27.0. The molecule has 2 aliphatic rings. The van der Waals surface area contributed by atoms with Crippen LogP contribution in [0.25, 0.3) is 0 Å². The molecule has 2 aliphatic heterocycles. The van der Waals surface area contributed by atoms with Gasteiger partial charge in [0, 0.05) is 25.2 Å². The molecule has 2 unspecified atom stereocenters. The molecule has 1 amide bonds. The summed E-state index contributed by atoms with van der Waals surface area (Å²) in [5.74, 6) is 0.765. The van der Waals surface area contributed by atoms with Crippen LogP contribution in [0.2, 0.25) is 0 Å². The van der Waals surface area contributed by atoms with Crippen molar-refractivity contribution >= 4 is 28.2 Å². The quantitative estimate of drug-likeness (QED) is 0.735. The van der Waals surface area contributed by atoms with Crippen molar-refractivity contribution < 1.29 is 13.2 Å². The summed E-state index contributed by atoms with van der Waals surface area (Å²) in [6.45, 7) is 7.02. The average Bonchev–Trinajstić information content (AvgIpc) is 2.84. The molecule has 0 bridgehead atoms. The molecule has 0 aromatic heterocycles. The molecule has 0 saturated carbocycles. The van der Waals surface area contributed by atoms with Crippen LogP contribution in [0.4, 0.5) is 0 Å². The fourth-order valence-corrected chi connectivity index (χ4v) is 5.32. The third-order valence-corrected chi connectivity index (χ3v) is 6.55. The Balaban J connectivity index is 0.00000288. The number of rotatable bonds is 6. The summed E-state index contributed by atoms with van der Waals surface area (Å²) in [6, 6.07) is 0.307. The number of hydrogen-bond donors (Lipinski definition) is 1. The molecule has 24 heavy (non-hydrogen) atoms. The summed E-state index contributed by atoms with van der Waals surface area (Å²) in [6.07, 6.45) is 2.83. The lowest BCUT2D eigenvalue weighted by Gasteiger charge is -2.35. The van der Waals surface area contributed by atoms with Crippen LogP contribution >= 0.6 is 12.4 Å². The zero-order valence-corrected chi connectivity index (χ0v) is 16.7. The average molecular weight is 382 g/mol. The lowest BCUT2D eigenvalue weighted by Crippen LogP contribution is -2.51. The number of likely N-dealkylation sites (N-methyl/N-ethyl adjacent to an activating group) is 1. The minimum atomic E-state index is -2.97. The Hall–Kier alpha value is -0.370. The van der Waals surface area contributed by atoms with E-state index in [4.69, 9.17) is 0 Å². The third kappa shape index (κ3) is 6.17. The molecule has 1 N–H and O–H groups in total. The first kappa shape index (κ1) is 21.7. The first-order valence-electron chi connectivity index (χ1n) is 8.70. The van der Waals surface area contributed by atoms with E-state index in [1.165, 1.54) is 0 Å². The summed E-state index contributed by atoms with van der Waals surface area (Å²) >= 11 is 0. The zero-order chi connectivity index (χ0) is 17.0. The van der Waals surface area contributed by atoms with E-state index in [2.05, 4.69) is 24.1 Å². The van der Waals surface area contributed by atoms with Gasteiger partial charge in [-0.1, -0.05) is 13.8 Å². The van der Waals surface area contributed by atoms with Gasteiger partial charge in [-0.3, -0.25) is 9.69 Å². The summed E-state index contributed by atoms with van der Waals surface area (Å²) < 4.78 is 23.5. The first-order valence-corrected chi connectivity index (χ1v) is 10.5. The molecule has 142 valence electrons. The van der Waals surface area contributed by atoms with Crippen molar-refractivity contribution in [2.24, 2.45) is 5.92 Å². The molecule has 2 rings (SSSR count). The van der Waals surface area contributed by atoms with Crippen LogP contribution < -0.4 is 5.32 Å². The van der Waals surface area contributed by atoms with Crippen molar-refractivity contribution in [2.45, 2.75) is 45.2 Å². The largest absolute Gasteiger partial charge is 0.337 e. The van der Waals surface area contributed by atoms with E-state index < -0.39 is 9.84 Å². The maximum atomic E-state index is 12.8. The SMILES string of the molecule is CNC1CCCN(CC(=O)N(CC(C)C)C2CCS(=O)(=O)C2)C1.Cl. The Morgan fingerprint density at radius 2 is 2.04 bits per heavy atom. The van der Waals surface area contributed by atoms with Gasteiger partial charge in [-0.15, -0.1) is 12.4 Å². The predicted octanol–water partition coefficient (Wildman–Crippen LogP) is 0.764. The molecule has 0 spiro atoms. The molecule has 2 heterocycles. The van der Waals surface area contributed by atoms with E-state index in [0.717, 1.165) is 25.9 Å². The molecule has 2 atom stereocenters. The monoisotopic (exact) mass is 381 g/mol. The highest BCUT2D eigenvalue weighted by Gasteiger charge is 2.35. The predicted molar refractivity (Wildman–Crippen MR) is 99.4 cm³/mol. The van der Waals surface area contributed by atoms with Crippen LogP contribution in [0.3, 0.4) is 0 Å². The summed E-state index contributed by atoms with van der Waals surface area (Å²) in [7, 11) is -1.01. The van der Waals surface area contributed by atoms with Crippen LogP contribution in [0.1, 0.15) is 33.1 Å². The van der Waals surface area contributed by atoms with Crippen molar-refractivity contribution in [3.8, 4) is 0 Å². The number of carbonyl (C=O) groups is 1. The van der Waals surface area contributed by atoms with E-state index in [1.807, 2.05) is 11.9 Å². The van der Waals surface area contributed by atoms with E-state index in [0.29, 0.717) is 31.5 Å². The summed E-state index contributed by atoms with van der Waals surface area (Å²) in [5, 5.41) is 3.29. The Morgan fingerprint density at radius 3 is 2.58 bits per heavy atom. The second-order valence-electron chi connectivity index (χ2n) is 7.36. The van der Waals surface area contributed by atoms with Crippen LogP contribution in [0.5, 0.6) is 0 Å². The highest BCUT2D eigenvalue weighted by Crippen LogP contribution is 2.20. The summed E-state index contributed by atoms with van der Waals surface area (Å²) in [5.41, 5.74) is 0. The number of carbonyl (C=O) groups excluding carboxylic acids is 1. The van der Waals surface area contributed by atoms with Gasteiger partial charge in [0.25, 0.3) is 0 Å². The molecular formula is C16H32ClN3O3S. The highest BCUT2D eigenvalue weighted by atomic mass is 35.5. The van der Waals surface area contributed by atoms with Gasteiger partial charge in [0.05, 0.1) is 18.1 Å². The highest BCUT2D eigenvalue weighted by molar-refractivity contribution is 7.91. The van der Waals surface area contributed by atoms with E-state index in [1.54, 1.807) is 0 Å². The second kappa shape index (κ2) is 9.36. The van der Waals surface area contributed by atoms with Gasteiger partial charge < -0.3 is 10.2 Å².